The predicted octanol–water partition coefficient (Wildman–Crippen LogP) is 24.2. The largest absolute Gasteiger partial charge is 0.462 e. The molecular formula is C76H130O6. The molecule has 0 aromatic rings. The fourth-order valence-corrected chi connectivity index (χ4v) is 9.77. The first-order valence-electron chi connectivity index (χ1n) is 34.9. The van der Waals surface area contributed by atoms with Gasteiger partial charge >= 0.3 is 17.9 Å². The number of unbranched alkanes of at least 4 members (excludes halogenated alkanes) is 34. The first-order chi connectivity index (χ1) is 40.5. The van der Waals surface area contributed by atoms with Crippen molar-refractivity contribution < 1.29 is 28.6 Å². The normalized spacial score (nSPS) is 12.8. The molecule has 1 unspecified atom stereocenters. The maximum absolute atomic E-state index is 13.0. The number of hydrogen-bond donors (Lipinski definition) is 0. The minimum absolute atomic E-state index is 0.0900. The molecule has 82 heavy (non-hydrogen) atoms. The van der Waals surface area contributed by atoms with Crippen molar-refractivity contribution in [2.24, 2.45) is 0 Å². The average Bonchev–Trinajstić information content (AvgIpc) is 3.47. The Balaban J connectivity index is 4.40. The van der Waals surface area contributed by atoms with E-state index in [0.29, 0.717) is 19.3 Å². The SMILES string of the molecule is CC/C=C\C/C=C\C/C=C\C/C=C\C/C=C\C/C=C\CCCCCCCCC(=O)OCC(COC(=O)CCCCCCC/C=C\C/C=C\CCCCCC)OC(=O)CCCCCCCCCCCCC/C=C\CCCCCCCCCC. The van der Waals surface area contributed by atoms with E-state index in [1.807, 2.05) is 0 Å². The highest BCUT2D eigenvalue weighted by molar-refractivity contribution is 5.71. The number of carbonyl (C=O) groups is 3. The monoisotopic (exact) mass is 1140 g/mol. The molecule has 0 rings (SSSR count). The van der Waals surface area contributed by atoms with Crippen LogP contribution in [-0.2, 0) is 28.6 Å². The zero-order valence-corrected chi connectivity index (χ0v) is 54.0. The van der Waals surface area contributed by atoms with Gasteiger partial charge in [0.15, 0.2) is 6.10 Å². The maximum atomic E-state index is 13.0. The number of rotatable bonds is 63. The highest BCUT2D eigenvalue weighted by atomic mass is 16.6. The van der Waals surface area contributed by atoms with Crippen LogP contribution in [0.1, 0.15) is 335 Å². The van der Waals surface area contributed by atoms with Crippen molar-refractivity contribution >= 4 is 17.9 Å². The van der Waals surface area contributed by atoms with Crippen LogP contribution in [0.5, 0.6) is 0 Å². The Morgan fingerprint density at radius 3 is 0.768 bits per heavy atom. The van der Waals surface area contributed by atoms with Gasteiger partial charge in [0.2, 0.25) is 0 Å². The fourth-order valence-electron chi connectivity index (χ4n) is 9.77. The van der Waals surface area contributed by atoms with E-state index in [9.17, 15) is 14.4 Å². The van der Waals surface area contributed by atoms with E-state index in [1.165, 1.54) is 161 Å². The lowest BCUT2D eigenvalue weighted by molar-refractivity contribution is -0.167. The van der Waals surface area contributed by atoms with Gasteiger partial charge in [-0.1, -0.05) is 297 Å². The second kappa shape index (κ2) is 69.6. The van der Waals surface area contributed by atoms with Crippen LogP contribution < -0.4 is 0 Å². The molecular weight excluding hydrogens is 1010 g/mol. The molecule has 470 valence electrons. The number of esters is 3. The van der Waals surface area contributed by atoms with Gasteiger partial charge in [-0.15, -0.1) is 0 Å². The van der Waals surface area contributed by atoms with Crippen LogP contribution in [-0.4, -0.2) is 37.2 Å². The van der Waals surface area contributed by atoms with E-state index in [0.717, 1.165) is 135 Å². The summed E-state index contributed by atoms with van der Waals surface area (Å²) in [6, 6.07) is 0. The van der Waals surface area contributed by atoms with Crippen LogP contribution in [0.2, 0.25) is 0 Å². The van der Waals surface area contributed by atoms with Gasteiger partial charge in [0.25, 0.3) is 0 Å². The summed E-state index contributed by atoms with van der Waals surface area (Å²) in [5.74, 6) is -0.905. The molecule has 0 N–H and O–H groups in total. The summed E-state index contributed by atoms with van der Waals surface area (Å²) >= 11 is 0. The zero-order valence-electron chi connectivity index (χ0n) is 54.0. The van der Waals surface area contributed by atoms with Gasteiger partial charge in [0.05, 0.1) is 0 Å². The molecule has 0 radical (unpaired) electrons. The Morgan fingerprint density at radius 1 is 0.256 bits per heavy atom. The molecule has 0 heterocycles. The first kappa shape index (κ1) is 78.1. The average molecular weight is 1140 g/mol. The fraction of sp³-hybridized carbons (Fsp3) is 0.724. The molecule has 0 amide bonds. The van der Waals surface area contributed by atoms with E-state index in [2.05, 4.69) is 130 Å². The Labute approximate surface area is 508 Å². The molecule has 0 spiro atoms. The highest BCUT2D eigenvalue weighted by Gasteiger charge is 2.19. The lowest BCUT2D eigenvalue weighted by atomic mass is 10.0. The molecule has 0 saturated heterocycles. The van der Waals surface area contributed by atoms with Crippen molar-refractivity contribution in [3.8, 4) is 0 Å². The van der Waals surface area contributed by atoms with Gasteiger partial charge in [0.1, 0.15) is 13.2 Å². The third kappa shape index (κ3) is 66.9. The van der Waals surface area contributed by atoms with Gasteiger partial charge in [-0.3, -0.25) is 14.4 Å². The first-order valence-corrected chi connectivity index (χ1v) is 34.9. The number of hydrogen-bond acceptors (Lipinski definition) is 6. The lowest BCUT2D eigenvalue weighted by Crippen LogP contribution is -2.30. The van der Waals surface area contributed by atoms with Crippen LogP contribution in [0.15, 0.2) is 109 Å². The van der Waals surface area contributed by atoms with Crippen molar-refractivity contribution in [2.75, 3.05) is 13.2 Å². The lowest BCUT2D eigenvalue weighted by Gasteiger charge is -2.18. The van der Waals surface area contributed by atoms with Crippen LogP contribution in [0, 0.1) is 0 Å². The molecule has 6 heteroatoms. The topological polar surface area (TPSA) is 78.9 Å². The molecule has 0 aromatic carbocycles. The Kier molecular flexibility index (Phi) is 66.2. The summed E-state index contributed by atoms with van der Waals surface area (Å²) in [6.07, 6.45) is 95.3. The van der Waals surface area contributed by atoms with Gasteiger partial charge in [-0.05, 0) is 128 Å². The van der Waals surface area contributed by atoms with E-state index in [1.54, 1.807) is 0 Å². The van der Waals surface area contributed by atoms with Crippen LogP contribution >= 0.6 is 0 Å². The summed E-state index contributed by atoms with van der Waals surface area (Å²) in [6.45, 7) is 6.52. The smallest absolute Gasteiger partial charge is 0.306 e. The molecule has 1 atom stereocenters. The van der Waals surface area contributed by atoms with Crippen molar-refractivity contribution in [1.29, 1.82) is 0 Å². The summed E-state index contributed by atoms with van der Waals surface area (Å²) in [7, 11) is 0. The molecule has 0 aromatic heterocycles. The Morgan fingerprint density at radius 2 is 0.476 bits per heavy atom. The van der Waals surface area contributed by atoms with E-state index in [-0.39, 0.29) is 31.1 Å². The van der Waals surface area contributed by atoms with Crippen LogP contribution in [0.3, 0.4) is 0 Å². The highest BCUT2D eigenvalue weighted by Crippen LogP contribution is 2.16. The van der Waals surface area contributed by atoms with Crippen molar-refractivity contribution in [3.63, 3.8) is 0 Å². The second-order valence-corrected chi connectivity index (χ2v) is 23.1. The van der Waals surface area contributed by atoms with Gasteiger partial charge < -0.3 is 14.2 Å². The molecule has 6 nitrogen and oxygen atoms in total. The van der Waals surface area contributed by atoms with Crippen LogP contribution in [0.25, 0.3) is 0 Å². The summed E-state index contributed by atoms with van der Waals surface area (Å²) in [5.41, 5.74) is 0. The van der Waals surface area contributed by atoms with E-state index in [4.69, 9.17) is 14.2 Å². The van der Waals surface area contributed by atoms with Crippen molar-refractivity contribution in [1.82, 2.24) is 0 Å². The quantitative estimate of drug-likeness (QED) is 0.0261. The van der Waals surface area contributed by atoms with E-state index < -0.39 is 6.10 Å². The van der Waals surface area contributed by atoms with Gasteiger partial charge in [-0.25, -0.2) is 0 Å². The Hall–Kier alpha value is -3.93. The van der Waals surface area contributed by atoms with Gasteiger partial charge in [0, 0.05) is 19.3 Å². The summed E-state index contributed by atoms with van der Waals surface area (Å²) in [5, 5.41) is 0. The number of carbonyl (C=O) groups excluding carboxylic acids is 3. The number of ether oxygens (including phenoxy) is 3. The molecule has 0 aliphatic rings. The second-order valence-electron chi connectivity index (χ2n) is 23.1. The van der Waals surface area contributed by atoms with Crippen molar-refractivity contribution in [3.05, 3.63) is 109 Å². The molecule has 0 aliphatic carbocycles. The zero-order chi connectivity index (χ0) is 59.2. The standard InChI is InChI=1S/C76H130O6/c1-4-7-10-13-16-19-22-25-28-31-33-35-37-38-40-41-43-45-48-51-54-57-60-63-66-69-75(78)81-72-73(71-80-74(77)68-65-62-59-56-53-50-47-30-27-24-21-18-15-12-9-6-3)82-76(79)70-67-64-61-58-55-52-49-46-44-42-39-36-34-32-29-26-23-20-17-14-11-8-5-2/h7,10,16,19,21,24-25,28,30,32-35,38,40,43,45,47,73H,4-6,8-9,11-15,17-18,20,22-23,26-27,29,31,36-37,39,41-42,44,46,48-72H2,1-3H3/b10-7-,19-16-,24-21-,28-25-,34-32-,35-33-,40-38-,45-43-,47-30-. The molecule has 0 bridgehead atoms. The Bertz CT molecular complexity index is 1640. The third-order valence-corrected chi connectivity index (χ3v) is 15.0. The van der Waals surface area contributed by atoms with Crippen LogP contribution in [0.4, 0.5) is 0 Å². The predicted molar refractivity (Wildman–Crippen MR) is 357 cm³/mol. The molecule has 0 aliphatic heterocycles. The minimum atomic E-state index is -0.795. The summed E-state index contributed by atoms with van der Waals surface area (Å²) < 4.78 is 17.0. The van der Waals surface area contributed by atoms with Gasteiger partial charge in [-0.2, -0.15) is 0 Å². The molecule has 0 fully saturated rings. The molecule has 0 saturated carbocycles. The third-order valence-electron chi connectivity index (χ3n) is 15.0. The van der Waals surface area contributed by atoms with Crippen molar-refractivity contribution in [2.45, 2.75) is 341 Å². The maximum Gasteiger partial charge on any atom is 0.306 e. The number of allylic oxidation sites excluding steroid dienone is 18. The summed E-state index contributed by atoms with van der Waals surface area (Å²) in [4.78, 5) is 38.5. The minimum Gasteiger partial charge on any atom is -0.462 e. The van der Waals surface area contributed by atoms with E-state index >= 15 is 0 Å².